The highest BCUT2D eigenvalue weighted by molar-refractivity contribution is 5.53. The number of rotatable bonds is 6. The molecule has 20 heavy (non-hydrogen) atoms. The van der Waals surface area contributed by atoms with Gasteiger partial charge in [-0.25, -0.2) is 0 Å². The van der Waals surface area contributed by atoms with Crippen LogP contribution in [0.25, 0.3) is 0 Å². The van der Waals surface area contributed by atoms with Crippen molar-refractivity contribution >= 4 is 5.69 Å². The molecule has 0 atom stereocenters. The number of anilines is 1. The van der Waals surface area contributed by atoms with Crippen LogP contribution in [0.1, 0.15) is 54.0 Å². The standard InChI is InChI=1S/C17H31N3/c1-13(2)12-20(14(3)4)16-8-9-18-10-15(16)11-19-17(5,6)7/h8-10,13-14,19H,11-12H2,1-7H3. The molecule has 1 aromatic rings. The molecule has 0 radical (unpaired) electrons. The van der Waals surface area contributed by atoms with E-state index in [0.717, 1.165) is 13.1 Å². The highest BCUT2D eigenvalue weighted by Gasteiger charge is 2.17. The molecule has 0 aliphatic rings. The Bertz CT molecular complexity index is 405. The molecule has 1 heterocycles. The third kappa shape index (κ3) is 5.49. The van der Waals surface area contributed by atoms with Gasteiger partial charge in [0, 0.05) is 48.3 Å². The van der Waals surface area contributed by atoms with Crippen molar-refractivity contribution in [1.29, 1.82) is 0 Å². The van der Waals surface area contributed by atoms with Crippen LogP contribution in [0, 0.1) is 5.92 Å². The van der Waals surface area contributed by atoms with Crippen molar-refractivity contribution in [2.75, 3.05) is 11.4 Å². The van der Waals surface area contributed by atoms with Crippen molar-refractivity contribution < 1.29 is 0 Å². The summed E-state index contributed by atoms with van der Waals surface area (Å²) in [6, 6.07) is 2.63. The predicted molar refractivity (Wildman–Crippen MR) is 88.1 cm³/mol. The van der Waals surface area contributed by atoms with Gasteiger partial charge in [-0.2, -0.15) is 0 Å². The Balaban J connectivity index is 2.97. The van der Waals surface area contributed by atoms with E-state index in [4.69, 9.17) is 0 Å². The predicted octanol–water partition coefficient (Wildman–Crippen LogP) is 3.84. The van der Waals surface area contributed by atoms with E-state index in [9.17, 15) is 0 Å². The SMILES string of the molecule is CC(C)CN(c1ccncc1CNC(C)(C)C)C(C)C. The molecule has 0 aliphatic carbocycles. The van der Waals surface area contributed by atoms with Gasteiger partial charge in [-0.3, -0.25) is 4.98 Å². The molecule has 1 N–H and O–H groups in total. The van der Waals surface area contributed by atoms with Crippen LogP contribution in [0.2, 0.25) is 0 Å². The van der Waals surface area contributed by atoms with Crippen molar-refractivity contribution in [3.63, 3.8) is 0 Å². The lowest BCUT2D eigenvalue weighted by atomic mass is 10.1. The van der Waals surface area contributed by atoms with Crippen molar-refractivity contribution in [1.82, 2.24) is 10.3 Å². The molecule has 1 rings (SSSR count). The third-order valence-electron chi connectivity index (χ3n) is 3.18. The van der Waals surface area contributed by atoms with Crippen LogP contribution in [-0.2, 0) is 6.54 Å². The van der Waals surface area contributed by atoms with Gasteiger partial charge >= 0.3 is 0 Å². The van der Waals surface area contributed by atoms with E-state index < -0.39 is 0 Å². The molecule has 0 spiro atoms. The first-order valence-electron chi connectivity index (χ1n) is 7.65. The zero-order chi connectivity index (χ0) is 15.3. The van der Waals surface area contributed by atoms with Crippen LogP contribution < -0.4 is 10.2 Å². The molecule has 3 nitrogen and oxygen atoms in total. The fraction of sp³-hybridized carbons (Fsp3) is 0.706. The van der Waals surface area contributed by atoms with E-state index in [0.29, 0.717) is 12.0 Å². The number of pyridine rings is 1. The van der Waals surface area contributed by atoms with Crippen molar-refractivity contribution in [3.05, 3.63) is 24.0 Å². The minimum absolute atomic E-state index is 0.119. The fourth-order valence-corrected chi connectivity index (χ4v) is 2.18. The van der Waals surface area contributed by atoms with Gasteiger partial charge in [-0.05, 0) is 46.6 Å². The zero-order valence-electron chi connectivity index (χ0n) is 14.2. The summed E-state index contributed by atoms with van der Waals surface area (Å²) in [6.07, 6.45) is 3.88. The Morgan fingerprint density at radius 3 is 2.35 bits per heavy atom. The lowest BCUT2D eigenvalue weighted by Gasteiger charge is -2.33. The molecule has 0 fully saturated rings. The second kappa shape index (κ2) is 7.07. The second-order valence-electron chi connectivity index (χ2n) is 7.25. The lowest BCUT2D eigenvalue weighted by Crippen LogP contribution is -2.38. The summed E-state index contributed by atoms with van der Waals surface area (Å²) in [5, 5.41) is 3.56. The number of hydrogen-bond acceptors (Lipinski definition) is 3. The summed E-state index contributed by atoms with van der Waals surface area (Å²) in [5.74, 6) is 0.647. The summed E-state index contributed by atoms with van der Waals surface area (Å²) >= 11 is 0. The Hall–Kier alpha value is -1.09. The van der Waals surface area contributed by atoms with Crippen LogP contribution in [-0.4, -0.2) is 23.1 Å². The van der Waals surface area contributed by atoms with Gasteiger partial charge in [0.1, 0.15) is 0 Å². The third-order valence-corrected chi connectivity index (χ3v) is 3.18. The summed E-state index contributed by atoms with van der Waals surface area (Å²) in [4.78, 5) is 6.78. The molecule has 3 heteroatoms. The highest BCUT2D eigenvalue weighted by Crippen LogP contribution is 2.23. The molecular formula is C17H31N3. The Kier molecular flexibility index (Phi) is 6.00. The van der Waals surface area contributed by atoms with Gasteiger partial charge in [0.15, 0.2) is 0 Å². The summed E-state index contributed by atoms with van der Waals surface area (Å²) in [5.41, 5.74) is 2.70. The first-order valence-corrected chi connectivity index (χ1v) is 7.65. The topological polar surface area (TPSA) is 28.2 Å². The molecule has 0 aromatic carbocycles. The van der Waals surface area contributed by atoms with E-state index >= 15 is 0 Å². The quantitative estimate of drug-likeness (QED) is 0.856. The summed E-state index contributed by atoms with van der Waals surface area (Å²) in [6.45, 7) is 17.5. The van der Waals surface area contributed by atoms with Gasteiger partial charge in [0.25, 0.3) is 0 Å². The van der Waals surface area contributed by atoms with Gasteiger partial charge in [0.05, 0.1) is 0 Å². The van der Waals surface area contributed by atoms with E-state index in [2.05, 4.69) is 69.7 Å². The van der Waals surface area contributed by atoms with Crippen molar-refractivity contribution in [2.45, 2.75) is 66.6 Å². The van der Waals surface area contributed by atoms with Gasteiger partial charge in [0.2, 0.25) is 0 Å². The molecule has 0 bridgehead atoms. The van der Waals surface area contributed by atoms with E-state index in [1.165, 1.54) is 11.3 Å². The smallest absolute Gasteiger partial charge is 0.0445 e. The largest absolute Gasteiger partial charge is 0.368 e. The maximum Gasteiger partial charge on any atom is 0.0445 e. The van der Waals surface area contributed by atoms with Crippen LogP contribution in [0.15, 0.2) is 18.5 Å². The van der Waals surface area contributed by atoms with Crippen LogP contribution in [0.3, 0.4) is 0 Å². The van der Waals surface area contributed by atoms with Crippen LogP contribution in [0.4, 0.5) is 5.69 Å². The second-order valence-corrected chi connectivity index (χ2v) is 7.25. The maximum atomic E-state index is 4.30. The molecule has 114 valence electrons. The summed E-state index contributed by atoms with van der Waals surface area (Å²) < 4.78 is 0. The Labute approximate surface area is 124 Å². The molecule has 0 amide bonds. The molecule has 0 aliphatic heterocycles. The first-order chi connectivity index (χ1) is 9.20. The molecule has 1 aromatic heterocycles. The maximum absolute atomic E-state index is 4.30. The minimum atomic E-state index is 0.119. The van der Waals surface area contributed by atoms with Gasteiger partial charge in [-0.15, -0.1) is 0 Å². The number of nitrogens with one attached hydrogen (secondary N) is 1. The van der Waals surface area contributed by atoms with Crippen LogP contribution in [0.5, 0.6) is 0 Å². The average molecular weight is 277 g/mol. The Morgan fingerprint density at radius 1 is 1.20 bits per heavy atom. The molecule has 0 saturated heterocycles. The number of hydrogen-bond donors (Lipinski definition) is 1. The Morgan fingerprint density at radius 2 is 1.85 bits per heavy atom. The molecular weight excluding hydrogens is 246 g/mol. The first kappa shape index (κ1) is 17.0. The van der Waals surface area contributed by atoms with Crippen molar-refractivity contribution in [3.8, 4) is 0 Å². The van der Waals surface area contributed by atoms with Gasteiger partial charge in [-0.1, -0.05) is 13.8 Å². The van der Waals surface area contributed by atoms with Gasteiger partial charge < -0.3 is 10.2 Å². The average Bonchev–Trinajstić information content (AvgIpc) is 2.32. The minimum Gasteiger partial charge on any atom is -0.368 e. The zero-order valence-corrected chi connectivity index (χ0v) is 14.2. The fourth-order valence-electron chi connectivity index (χ4n) is 2.18. The van der Waals surface area contributed by atoms with Crippen LogP contribution >= 0.6 is 0 Å². The normalized spacial score (nSPS) is 12.2. The highest BCUT2D eigenvalue weighted by atomic mass is 15.2. The molecule has 0 unspecified atom stereocenters. The van der Waals surface area contributed by atoms with E-state index in [1.807, 2.05) is 12.4 Å². The number of nitrogens with zero attached hydrogens (tertiary/aromatic N) is 2. The lowest BCUT2D eigenvalue weighted by molar-refractivity contribution is 0.423. The monoisotopic (exact) mass is 277 g/mol. The summed E-state index contributed by atoms with van der Waals surface area (Å²) in [7, 11) is 0. The van der Waals surface area contributed by atoms with E-state index in [1.54, 1.807) is 0 Å². The molecule has 0 saturated carbocycles. The number of aromatic nitrogens is 1. The van der Waals surface area contributed by atoms with Crippen molar-refractivity contribution in [2.24, 2.45) is 5.92 Å². The van der Waals surface area contributed by atoms with E-state index in [-0.39, 0.29) is 5.54 Å².